The van der Waals surface area contributed by atoms with E-state index in [1.54, 1.807) is 4.90 Å². The molecule has 0 aromatic heterocycles. The quantitative estimate of drug-likeness (QED) is 0.914. The molecule has 5 heteroatoms. The lowest BCUT2D eigenvalue weighted by Gasteiger charge is -2.34. The average molecular weight is 343 g/mol. The van der Waals surface area contributed by atoms with Crippen molar-refractivity contribution in [3.8, 4) is 0 Å². The van der Waals surface area contributed by atoms with Crippen LogP contribution in [-0.4, -0.2) is 48.2 Å². The first-order chi connectivity index (χ1) is 11.9. The van der Waals surface area contributed by atoms with Crippen LogP contribution in [0.5, 0.6) is 0 Å². The Kier molecular flexibility index (Phi) is 3.69. The van der Waals surface area contributed by atoms with Gasteiger partial charge in [0.05, 0.1) is 17.4 Å². The molecule has 2 heterocycles. The molecule has 1 aromatic carbocycles. The molecule has 1 N–H and O–H groups in total. The van der Waals surface area contributed by atoms with Crippen LogP contribution in [0.25, 0.3) is 0 Å². The highest BCUT2D eigenvalue weighted by Gasteiger charge is 2.60. The van der Waals surface area contributed by atoms with Crippen molar-refractivity contribution in [2.75, 3.05) is 26.3 Å². The topological polar surface area (TPSA) is 66.8 Å². The molecule has 0 bridgehead atoms. The largest absolute Gasteiger partial charge is 0.481 e. The van der Waals surface area contributed by atoms with Gasteiger partial charge in [0.25, 0.3) is 0 Å². The maximum atomic E-state index is 13.4. The third-order valence-electron chi connectivity index (χ3n) is 6.35. The predicted molar refractivity (Wildman–Crippen MR) is 92.4 cm³/mol. The fourth-order valence-electron chi connectivity index (χ4n) is 4.76. The molecule has 134 valence electrons. The van der Waals surface area contributed by atoms with Crippen LogP contribution in [0.4, 0.5) is 0 Å². The minimum atomic E-state index is -0.827. The molecule has 0 spiro atoms. The van der Waals surface area contributed by atoms with Crippen LogP contribution in [0.1, 0.15) is 36.0 Å². The lowest BCUT2D eigenvalue weighted by Crippen LogP contribution is -2.45. The Morgan fingerprint density at radius 3 is 2.40 bits per heavy atom. The molecule has 5 nitrogen and oxygen atoms in total. The van der Waals surface area contributed by atoms with E-state index in [9.17, 15) is 14.7 Å². The third-order valence-corrected chi connectivity index (χ3v) is 6.35. The fourth-order valence-corrected chi connectivity index (χ4v) is 4.76. The van der Waals surface area contributed by atoms with Crippen LogP contribution >= 0.6 is 0 Å². The zero-order chi connectivity index (χ0) is 17.8. The fraction of sp³-hybridized carbons (Fsp3) is 0.600. The van der Waals surface area contributed by atoms with Crippen LogP contribution in [0.3, 0.4) is 0 Å². The van der Waals surface area contributed by atoms with Gasteiger partial charge in [-0.1, -0.05) is 29.3 Å². The van der Waals surface area contributed by atoms with Crippen molar-refractivity contribution in [1.29, 1.82) is 0 Å². The third kappa shape index (κ3) is 2.48. The number of aryl methyl sites for hydroxylation is 2. The molecule has 1 amide bonds. The van der Waals surface area contributed by atoms with Crippen molar-refractivity contribution in [3.63, 3.8) is 0 Å². The van der Waals surface area contributed by atoms with Crippen LogP contribution in [0.15, 0.2) is 18.2 Å². The second kappa shape index (κ2) is 5.56. The molecule has 3 fully saturated rings. The van der Waals surface area contributed by atoms with Gasteiger partial charge in [-0.2, -0.15) is 0 Å². The van der Waals surface area contributed by atoms with Crippen molar-refractivity contribution in [3.05, 3.63) is 34.9 Å². The first-order valence-corrected chi connectivity index (χ1v) is 9.07. The molecular formula is C20H25NO4. The normalized spacial score (nSPS) is 30.0. The van der Waals surface area contributed by atoms with Gasteiger partial charge in [-0.15, -0.1) is 0 Å². The number of rotatable bonds is 3. The second-order valence-corrected chi connectivity index (χ2v) is 8.13. The molecule has 2 atom stereocenters. The van der Waals surface area contributed by atoms with Crippen molar-refractivity contribution in [2.24, 2.45) is 11.3 Å². The summed E-state index contributed by atoms with van der Waals surface area (Å²) in [6.07, 6.45) is 2.20. The van der Waals surface area contributed by atoms with E-state index in [2.05, 4.69) is 32.0 Å². The Morgan fingerprint density at radius 2 is 1.84 bits per heavy atom. The molecule has 1 saturated carbocycles. The SMILES string of the molecule is Cc1cc(C)cc(C2(C(=O)N3C[C@H]4COCC[C@@]4(C(=O)O)C3)CC2)c1. The number of carbonyl (C=O) groups excluding carboxylic acids is 1. The second-order valence-electron chi connectivity index (χ2n) is 8.13. The standard InChI is InChI=1S/C20H25NO4/c1-13-7-14(2)9-15(8-13)19(3-4-19)17(22)21-10-16-11-25-6-5-20(16,12-21)18(23)24/h7-9,16H,3-6,10-12H2,1-2H3,(H,23,24)/t16-,20+/m0/s1. The van der Waals surface area contributed by atoms with Crippen molar-refractivity contribution < 1.29 is 19.4 Å². The van der Waals surface area contributed by atoms with Crippen molar-refractivity contribution in [2.45, 2.75) is 38.5 Å². The predicted octanol–water partition coefficient (Wildman–Crippen LogP) is 2.28. The van der Waals surface area contributed by atoms with Gasteiger partial charge in [0.15, 0.2) is 0 Å². The van der Waals surface area contributed by atoms with Gasteiger partial charge in [-0.25, -0.2) is 0 Å². The summed E-state index contributed by atoms with van der Waals surface area (Å²) in [4.78, 5) is 27.1. The number of carboxylic acids is 1. The molecule has 1 aliphatic carbocycles. The van der Waals surface area contributed by atoms with Crippen LogP contribution in [0, 0.1) is 25.2 Å². The Hall–Kier alpha value is -1.88. The molecule has 2 saturated heterocycles. The lowest BCUT2D eigenvalue weighted by molar-refractivity contribution is -0.157. The minimum Gasteiger partial charge on any atom is -0.481 e. The van der Waals surface area contributed by atoms with Gasteiger partial charge < -0.3 is 14.7 Å². The number of fused-ring (bicyclic) bond motifs is 1. The van der Waals surface area contributed by atoms with E-state index >= 15 is 0 Å². The number of hydrogen-bond donors (Lipinski definition) is 1. The summed E-state index contributed by atoms with van der Waals surface area (Å²) in [6.45, 7) is 5.83. The number of benzene rings is 1. The van der Waals surface area contributed by atoms with Gasteiger partial charge in [0.1, 0.15) is 0 Å². The Morgan fingerprint density at radius 1 is 1.16 bits per heavy atom. The molecule has 4 rings (SSSR count). The summed E-state index contributed by atoms with van der Waals surface area (Å²) in [5.41, 5.74) is 2.15. The Bertz CT molecular complexity index is 719. The number of aliphatic carboxylic acids is 1. The van der Waals surface area contributed by atoms with E-state index in [4.69, 9.17) is 4.74 Å². The zero-order valence-corrected chi connectivity index (χ0v) is 14.9. The zero-order valence-electron chi connectivity index (χ0n) is 14.9. The van der Waals surface area contributed by atoms with E-state index in [0.29, 0.717) is 32.7 Å². The van der Waals surface area contributed by atoms with E-state index in [0.717, 1.165) is 18.4 Å². The summed E-state index contributed by atoms with van der Waals surface area (Å²) < 4.78 is 5.50. The number of carbonyl (C=O) groups is 2. The highest BCUT2D eigenvalue weighted by molar-refractivity contribution is 5.92. The molecule has 1 aromatic rings. The number of likely N-dealkylation sites (tertiary alicyclic amines) is 1. The Balaban J connectivity index is 1.62. The van der Waals surface area contributed by atoms with Crippen LogP contribution < -0.4 is 0 Å². The minimum absolute atomic E-state index is 0.0993. The van der Waals surface area contributed by atoms with Gasteiger partial charge >= 0.3 is 5.97 Å². The molecule has 2 aliphatic heterocycles. The molecular weight excluding hydrogens is 318 g/mol. The van der Waals surface area contributed by atoms with Gasteiger partial charge in [0.2, 0.25) is 5.91 Å². The lowest BCUT2D eigenvalue weighted by atomic mass is 9.74. The number of carboxylic acid groups (broad SMARTS) is 1. The van der Waals surface area contributed by atoms with E-state index in [-0.39, 0.29) is 11.8 Å². The van der Waals surface area contributed by atoms with Gasteiger partial charge in [-0.3, -0.25) is 9.59 Å². The summed E-state index contributed by atoms with van der Waals surface area (Å²) in [5.74, 6) is -0.780. The maximum Gasteiger partial charge on any atom is 0.311 e. The molecule has 3 aliphatic rings. The molecule has 25 heavy (non-hydrogen) atoms. The highest BCUT2D eigenvalue weighted by Crippen LogP contribution is 2.52. The summed E-state index contributed by atoms with van der Waals surface area (Å²) >= 11 is 0. The summed E-state index contributed by atoms with van der Waals surface area (Å²) in [6, 6.07) is 6.33. The Labute approximate surface area is 148 Å². The molecule has 0 radical (unpaired) electrons. The first kappa shape index (κ1) is 16.6. The monoisotopic (exact) mass is 343 g/mol. The smallest absolute Gasteiger partial charge is 0.311 e. The van der Waals surface area contributed by atoms with Crippen molar-refractivity contribution in [1.82, 2.24) is 4.90 Å². The number of nitrogens with zero attached hydrogens (tertiary/aromatic N) is 1. The maximum absolute atomic E-state index is 13.4. The van der Waals surface area contributed by atoms with Gasteiger partial charge in [0, 0.05) is 25.6 Å². The van der Waals surface area contributed by atoms with Gasteiger partial charge in [-0.05, 0) is 38.7 Å². The number of hydrogen-bond acceptors (Lipinski definition) is 3. The first-order valence-electron chi connectivity index (χ1n) is 9.07. The summed E-state index contributed by atoms with van der Waals surface area (Å²) in [5, 5.41) is 9.81. The van der Waals surface area contributed by atoms with Crippen LogP contribution in [-0.2, 0) is 19.7 Å². The summed E-state index contributed by atoms with van der Waals surface area (Å²) in [7, 11) is 0. The van der Waals surface area contributed by atoms with E-state index in [1.165, 1.54) is 11.1 Å². The number of amides is 1. The number of ether oxygens (including phenoxy) is 1. The highest BCUT2D eigenvalue weighted by atomic mass is 16.5. The van der Waals surface area contributed by atoms with Crippen LogP contribution in [0.2, 0.25) is 0 Å². The van der Waals surface area contributed by atoms with E-state index in [1.807, 2.05) is 0 Å². The molecule has 0 unspecified atom stereocenters. The van der Waals surface area contributed by atoms with Crippen molar-refractivity contribution >= 4 is 11.9 Å². The van der Waals surface area contributed by atoms with E-state index < -0.39 is 16.8 Å². The average Bonchev–Trinajstić information content (AvgIpc) is 3.27.